The van der Waals surface area contributed by atoms with Crippen LogP contribution in [0.5, 0.6) is 0 Å². The lowest BCUT2D eigenvalue weighted by atomic mass is 10.2. The first-order valence-electron chi connectivity index (χ1n) is 6.26. The van der Waals surface area contributed by atoms with Crippen molar-refractivity contribution in [3.8, 4) is 0 Å². The maximum absolute atomic E-state index is 5.80. The van der Waals surface area contributed by atoms with E-state index in [1.165, 1.54) is 24.8 Å². The SMILES string of the molecule is CC[C@@H]1CC[C@@H](COCc2ccccc2)P1. The van der Waals surface area contributed by atoms with Crippen molar-refractivity contribution in [3.05, 3.63) is 35.9 Å². The van der Waals surface area contributed by atoms with E-state index in [1.54, 1.807) is 0 Å². The topological polar surface area (TPSA) is 9.23 Å². The average molecular weight is 236 g/mol. The summed E-state index contributed by atoms with van der Waals surface area (Å²) < 4.78 is 5.80. The summed E-state index contributed by atoms with van der Waals surface area (Å²) >= 11 is 0. The van der Waals surface area contributed by atoms with Crippen LogP contribution in [-0.2, 0) is 11.3 Å². The van der Waals surface area contributed by atoms with Gasteiger partial charge in [0.05, 0.1) is 13.2 Å². The summed E-state index contributed by atoms with van der Waals surface area (Å²) in [5.74, 6) is 0. The second-order valence-corrected chi connectivity index (χ2v) is 6.51. The molecule has 1 unspecified atom stereocenters. The molecule has 3 atom stereocenters. The first-order valence-corrected chi connectivity index (χ1v) is 7.41. The molecular formula is C14H21OP. The third-order valence-electron chi connectivity index (χ3n) is 3.26. The third kappa shape index (κ3) is 3.57. The summed E-state index contributed by atoms with van der Waals surface area (Å²) in [7, 11) is 1.13. The summed E-state index contributed by atoms with van der Waals surface area (Å²) in [6.07, 6.45) is 4.16. The predicted octanol–water partition coefficient (Wildman–Crippen LogP) is 3.82. The molecule has 1 aromatic carbocycles. The molecule has 0 radical (unpaired) electrons. The van der Waals surface area contributed by atoms with Crippen molar-refractivity contribution in [1.82, 2.24) is 0 Å². The lowest BCUT2D eigenvalue weighted by Gasteiger charge is -2.11. The van der Waals surface area contributed by atoms with Crippen molar-refractivity contribution in [2.24, 2.45) is 0 Å². The summed E-state index contributed by atoms with van der Waals surface area (Å²) in [5.41, 5.74) is 3.12. The molecule has 88 valence electrons. The first kappa shape index (κ1) is 12.1. The number of hydrogen-bond acceptors (Lipinski definition) is 1. The molecule has 1 heterocycles. The van der Waals surface area contributed by atoms with Crippen molar-refractivity contribution in [2.45, 2.75) is 44.1 Å². The van der Waals surface area contributed by atoms with E-state index in [2.05, 4.69) is 31.2 Å². The van der Waals surface area contributed by atoms with Gasteiger partial charge in [-0.1, -0.05) is 37.3 Å². The fraction of sp³-hybridized carbons (Fsp3) is 0.571. The molecule has 0 aromatic heterocycles. The summed E-state index contributed by atoms with van der Waals surface area (Å²) in [4.78, 5) is 0. The fourth-order valence-electron chi connectivity index (χ4n) is 2.25. The van der Waals surface area contributed by atoms with Gasteiger partial charge in [-0.2, -0.15) is 0 Å². The second kappa shape index (κ2) is 6.37. The van der Waals surface area contributed by atoms with Crippen LogP contribution >= 0.6 is 8.58 Å². The molecule has 1 fully saturated rings. The predicted molar refractivity (Wildman–Crippen MR) is 71.5 cm³/mol. The zero-order valence-corrected chi connectivity index (χ0v) is 11.0. The van der Waals surface area contributed by atoms with Crippen LogP contribution in [0.15, 0.2) is 30.3 Å². The maximum Gasteiger partial charge on any atom is 0.0717 e. The van der Waals surface area contributed by atoms with Gasteiger partial charge in [0.25, 0.3) is 0 Å². The van der Waals surface area contributed by atoms with E-state index in [0.29, 0.717) is 0 Å². The Morgan fingerprint density at radius 2 is 1.94 bits per heavy atom. The minimum absolute atomic E-state index is 0.776. The molecule has 0 saturated carbocycles. The summed E-state index contributed by atoms with van der Waals surface area (Å²) in [6, 6.07) is 10.5. The normalized spacial score (nSPS) is 26.3. The maximum atomic E-state index is 5.80. The van der Waals surface area contributed by atoms with Gasteiger partial charge in [-0.3, -0.25) is 0 Å². The molecule has 16 heavy (non-hydrogen) atoms. The van der Waals surface area contributed by atoms with Gasteiger partial charge < -0.3 is 4.74 Å². The zero-order valence-electron chi connectivity index (χ0n) is 9.99. The minimum atomic E-state index is 0.776. The highest BCUT2D eigenvalue weighted by atomic mass is 31.1. The highest BCUT2D eigenvalue weighted by Gasteiger charge is 2.22. The average Bonchev–Trinajstić information content (AvgIpc) is 2.78. The molecule has 2 heteroatoms. The Kier molecular flexibility index (Phi) is 4.81. The molecule has 0 spiro atoms. The summed E-state index contributed by atoms with van der Waals surface area (Å²) in [6.45, 7) is 4.05. The van der Waals surface area contributed by atoms with Gasteiger partial charge in [0.2, 0.25) is 0 Å². The Bertz CT molecular complexity index is 299. The molecule has 0 aliphatic carbocycles. The van der Waals surface area contributed by atoms with E-state index < -0.39 is 0 Å². The quantitative estimate of drug-likeness (QED) is 0.706. The largest absolute Gasteiger partial charge is 0.376 e. The Morgan fingerprint density at radius 3 is 2.62 bits per heavy atom. The Hall–Kier alpha value is -0.390. The summed E-state index contributed by atoms with van der Waals surface area (Å²) in [5, 5.41) is 0. The van der Waals surface area contributed by atoms with E-state index in [0.717, 1.165) is 33.1 Å². The van der Waals surface area contributed by atoms with Crippen molar-refractivity contribution < 1.29 is 4.74 Å². The number of rotatable bonds is 5. The van der Waals surface area contributed by atoms with E-state index in [9.17, 15) is 0 Å². The third-order valence-corrected chi connectivity index (χ3v) is 5.35. The minimum Gasteiger partial charge on any atom is -0.376 e. The van der Waals surface area contributed by atoms with Crippen molar-refractivity contribution in [3.63, 3.8) is 0 Å². The van der Waals surface area contributed by atoms with Crippen LogP contribution in [0.25, 0.3) is 0 Å². The molecule has 1 nitrogen and oxygen atoms in total. The molecule has 1 aromatic rings. The van der Waals surface area contributed by atoms with Crippen LogP contribution in [0.2, 0.25) is 0 Å². The second-order valence-electron chi connectivity index (χ2n) is 4.55. The lowest BCUT2D eigenvalue weighted by Crippen LogP contribution is -2.07. The lowest BCUT2D eigenvalue weighted by molar-refractivity contribution is 0.121. The molecule has 2 rings (SSSR count). The van der Waals surface area contributed by atoms with Crippen LogP contribution in [0.4, 0.5) is 0 Å². The van der Waals surface area contributed by atoms with Gasteiger partial charge in [0.1, 0.15) is 0 Å². The van der Waals surface area contributed by atoms with Gasteiger partial charge >= 0.3 is 0 Å². The molecule has 0 bridgehead atoms. The van der Waals surface area contributed by atoms with Crippen molar-refractivity contribution >= 4 is 8.58 Å². The Balaban J connectivity index is 1.65. The van der Waals surface area contributed by atoms with Crippen LogP contribution in [-0.4, -0.2) is 17.9 Å². The van der Waals surface area contributed by atoms with Crippen LogP contribution in [0.1, 0.15) is 31.7 Å². The molecule has 0 N–H and O–H groups in total. The highest BCUT2D eigenvalue weighted by molar-refractivity contribution is 7.40. The smallest absolute Gasteiger partial charge is 0.0717 e. The fourth-order valence-corrected chi connectivity index (χ4v) is 4.03. The van der Waals surface area contributed by atoms with E-state index in [1.807, 2.05) is 6.07 Å². The van der Waals surface area contributed by atoms with Crippen molar-refractivity contribution in [2.75, 3.05) is 6.61 Å². The van der Waals surface area contributed by atoms with Crippen molar-refractivity contribution in [1.29, 1.82) is 0 Å². The van der Waals surface area contributed by atoms with Crippen LogP contribution in [0, 0.1) is 0 Å². The molecule has 1 saturated heterocycles. The molecule has 0 amide bonds. The highest BCUT2D eigenvalue weighted by Crippen LogP contribution is 2.41. The van der Waals surface area contributed by atoms with Gasteiger partial charge in [-0.15, -0.1) is 8.58 Å². The van der Waals surface area contributed by atoms with Crippen LogP contribution in [0.3, 0.4) is 0 Å². The van der Waals surface area contributed by atoms with Gasteiger partial charge in [0.15, 0.2) is 0 Å². The van der Waals surface area contributed by atoms with E-state index >= 15 is 0 Å². The monoisotopic (exact) mass is 236 g/mol. The zero-order chi connectivity index (χ0) is 11.2. The molecule has 1 aliphatic rings. The standard InChI is InChI=1S/C14H21OP/c1-2-13-8-9-14(16-13)11-15-10-12-6-4-3-5-7-12/h3-7,13-14,16H,2,8-11H2,1H3/t13-,14+/m1/s1. The van der Waals surface area contributed by atoms with Gasteiger partial charge in [-0.25, -0.2) is 0 Å². The molecular weight excluding hydrogens is 215 g/mol. The van der Waals surface area contributed by atoms with E-state index in [-0.39, 0.29) is 0 Å². The number of ether oxygens (including phenoxy) is 1. The van der Waals surface area contributed by atoms with Gasteiger partial charge in [0, 0.05) is 5.66 Å². The first-order chi connectivity index (χ1) is 7.88. The molecule has 1 aliphatic heterocycles. The Labute approximate surface area is 100 Å². The van der Waals surface area contributed by atoms with Gasteiger partial charge in [-0.05, 0) is 30.5 Å². The number of hydrogen-bond donors (Lipinski definition) is 0. The number of benzene rings is 1. The Morgan fingerprint density at radius 1 is 1.19 bits per heavy atom. The van der Waals surface area contributed by atoms with E-state index in [4.69, 9.17) is 4.74 Å². The van der Waals surface area contributed by atoms with Crippen LogP contribution < -0.4 is 0 Å².